The van der Waals surface area contributed by atoms with Crippen molar-refractivity contribution in [3.63, 3.8) is 0 Å². The van der Waals surface area contributed by atoms with Crippen molar-refractivity contribution >= 4 is 17.9 Å². The predicted molar refractivity (Wildman–Crippen MR) is 335 cm³/mol. The monoisotopic (exact) mass is 1070 g/mol. The second-order valence-corrected chi connectivity index (χ2v) is 22.4. The van der Waals surface area contributed by atoms with Crippen LogP contribution in [0.4, 0.5) is 0 Å². The Kier molecular flexibility index (Phi) is 62.7. The molecular weight excluding hydrogens is 949 g/mol. The number of hydrogen-bond acceptors (Lipinski definition) is 6. The van der Waals surface area contributed by atoms with Crippen LogP contribution in [0.3, 0.4) is 0 Å². The molecule has 77 heavy (non-hydrogen) atoms. The average molecular weight is 1080 g/mol. The van der Waals surface area contributed by atoms with Crippen molar-refractivity contribution < 1.29 is 28.6 Å². The van der Waals surface area contributed by atoms with E-state index in [1.54, 1.807) is 0 Å². The maximum Gasteiger partial charge on any atom is 0.306 e. The molecule has 0 aliphatic heterocycles. The number of carbonyl (C=O) groups is 3. The van der Waals surface area contributed by atoms with E-state index >= 15 is 0 Å². The third-order valence-corrected chi connectivity index (χ3v) is 14.7. The van der Waals surface area contributed by atoms with Gasteiger partial charge in [0.25, 0.3) is 0 Å². The summed E-state index contributed by atoms with van der Waals surface area (Å²) in [5.74, 6) is -0.884. The van der Waals surface area contributed by atoms with E-state index in [4.69, 9.17) is 14.2 Å². The van der Waals surface area contributed by atoms with Gasteiger partial charge in [0, 0.05) is 19.3 Å². The Morgan fingerprint density at radius 1 is 0.273 bits per heavy atom. The zero-order valence-corrected chi connectivity index (χ0v) is 51.2. The van der Waals surface area contributed by atoms with Gasteiger partial charge in [0.1, 0.15) is 13.2 Å². The number of unbranched alkanes of at least 4 members (excludes halogenated alkanes) is 38. The van der Waals surface area contributed by atoms with E-state index in [0.29, 0.717) is 19.3 Å². The second kappa shape index (κ2) is 65.4. The summed E-state index contributed by atoms with van der Waals surface area (Å²) in [6.07, 6.45) is 84.8. The first kappa shape index (κ1) is 73.8. The molecule has 0 aliphatic rings. The number of allylic oxidation sites excluding steroid dienone is 12. The minimum absolute atomic E-state index is 0.0801. The van der Waals surface area contributed by atoms with Gasteiger partial charge in [-0.1, -0.05) is 306 Å². The van der Waals surface area contributed by atoms with Crippen molar-refractivity contribution in [3.05, 3.63) is 72.9 Å². The van der Waals surface area contributed by atoms with Gasteiger partial charge >= 0.3 is 17.9 Å². The minimum Gasteiger partial charge on any atom is -0.462 e. The van der Waals surface area contributed by atoms with Crippen LogP contribution in [0.15, 0.2) is 72.9 Å². The summed E-state index contributed by atoms with van der Waals surface area (Å²) in [6.45, 7) is 6.54. The van der Waals surface area contributed by atoms with Gasteiger partial charge in [0.2, 0.25) is 0 Å². The molecule has 0 radical (unpaired) electrons. The minimum atomic E-state index is -0.786. The summed E-state index contributed by atoms with van der Waals surface area (Å²) in [6, 6.07) is 0. The fraction of sp³-hybridized carbons (Fsp3) is 0.789. The molecule has 0 rings (SSSR count). The van der Waals surface area contributed by atoms with Crippen molar-refractivity contribution in [1.82, 2.24) is 0 Å². The maximum absolute atomic E-state index is 12.9. The number of carbonyl (C=O) groups excluding carboxylic acids is 3. The molecule has 0 aliphatic carbocycles. The summed E-state index contributed by atoms with van der Waals surface area (Å²) in [5, 5.41) is 0. The SMILES string of the molecule is CC/C=C\C/C=C\C/C=C\C/C=C\CCCCCCCCCCC(=O)OC(COC(=O)CCCCCCC/C=C\C/C=C\CCCCCC)COC(=O)CCCCCCCCCCCCCCCCCCCCCCCC. The number of rotatable bonds is 61. The van der Waals surface area contributed by atoms with Crippen molar-refractivity contribution in [2.75, 3.05) is 13.2 Å². The Balaban J connectivity index is 4.36. The highest BCUT2D eigenvalue weighted by Crippen LogP contribution is 2.17. The molecule has 0 heterocycles. The summed E-state index contributed by atoms with van der Waals surface area (Å²) in [4.78, 5) is 38.4. The smallest absolute Gasteiger partial charge is 0.306 e. The van der Waals surface area contributed by atoms with Crippen LogP contribution in [-0.2, 0) is 28.6 Å². The Bertz CT molecular complexity index is 1420. The van der Waals surface area contributed by atoms with Gasteiger partial charge in [-0.15, -0.1) is 0 Å². The second-order valence-electron chi connectivity index (χ2n) is 22.4. The first-order chi connectivity index (χ1) is 38.0. The topological polar surface area (TPSA) is 78.9 Å². The molecule has 0 saturated heterocycles. The summed E-state index contributed by atoms with van der Waals surface area (Å²) in [7, 11) is 0. The lowest BCUT2D eigenvalue weighted by molar-refractivity contribution is -0.167. The Morgan fingerprint density at radius 3 is 0.805 bits per heavy atom. The van der Waals surface area contributed by atoms with E-state index < -0.39 is 6.10 Å². The van der Waals surface area contributed by atoms with Gasteiger partial charge in [-0.25, -0.2) is 0 Å². The van der Waals surface area contributed by atoms with Crippen LogP contribution >= 0.6 is 0 Å². The molecule has 6 nitrogen and oxygen atoms in total. The van der Waals surface area contributed by atoms with Crippen LogP contribution in [0, 0.1) is 0 Å². The average Bonchev–Trinajstić information content (AvgIpc) is 3.43. The quantitative estimate of drug-likeness (QED) is 0.0261. The molecule has 0 aromatic heterocycles. The van der Waals surface area contributed by atoms with Crippen molar-refractivity contribution in [2.24, 2.45) is 0 Å². The molecule has 0 saturated carbocycles. The molecule has 446 valence electrons. The lowest BCUT2D eigenvalue weighted by Crippen LogP contribution is -2.30. The Morgan fingerprint density at radius 2 is 0.506 bits per heavy atom. The van der Waals surface area contributed by atoms with Crippen LogP contribution < -0.4 is 0 Å². The van der Waals surface area contributed by atoms with Gasteiger partial charge in [-0.05, 0) is 89.9 Å². The van der Waals surface area contributed by atoms with E-state index in [-0.39, 0.29) is 31.1 Å². The molecule has 0 aromatic carbocycles. The predicted octanol–water partition coefficient (Wildman–Crippen LogP) is 22.9. The van der Waals surface area contributed by atoms with Gasteiger partial charge in [0.15, 0.2) is 6.10 Å². The molecular formula is C71H126O6. The maximum atomic E-state index is 12.9. The highest BCUT2D eigenvalue weighted by molar-refractivity contribution is 5.71. The highest BCUT2D eigenvalue weighted by Gasteiger charge is 2.19. The lowest BCUT2D eigenvalue weighted by atomic mass is 10.0. The zero-order chi connectivity index (χ0) is 55.7. The number of esters is 3. The van der Waals surface area contributed by atoms with Crippen molar-refractivity contribution in [2.45, 2.75) is 348 Å². The van der Waals surface area contributed by atoms with Crippen molar-refractivity contribution in [1.29, 1.82) is 0 Å². The zero-order valence-electron chi connectivity index (χ0n) is 51.2. The summed E-state index contributed by atoms with van der Waals surface area (Å²) in [5.41, 5.74) is 0. The number of hydrogen-bond donors (Lipinski definition) is 0. The van der Waals surface area contributed by atoms with E-state index in [1.807, 2.05) is 0 Å². The summed E-state index contributed by atoms with van der Waals surface area (Å²) >= 11 is 0. The van der Waals surface area contributed by atoms with E-state index in [0.717, 1.165) is 109 Å². The molecule has 0 N–H and O–H groups in total. The van der Waals surface area contributed by atoms with E-state index in [1.165, 1.54) is 193 Å². The Hall–Kier alpha value is -3.15. The fourth-order valence-corrected chi connectivity index (χ4v) is 9.70. The summed E-state index contributed by atoms with van der Waals surface area (Å²) < 4.78 is 17.0. The van der Waals surface area contributed by atoms with Crippen LogP contribution in [0.1, 0.15) is 342 Å². The van der Waals surface area contributed by atoms with Crippen LogP contribution in [0.5, 0.6) is 0 Å². The molecule has 0 aromatic rings. The Labute approximate surface area is 478 Å². The molecule has 1 unspecified atom stereocenters. The van der Waals surface area contributed by atoms with Gasteiger partial charge in [0.05, 0.1) is 0 Å². The molecule has 6 heteroatoms. The van der Waals surface area contributed by atoms with Gasteiger partial charge in [-0.2, -0.15) is 0 Å². The van der Waals surface area contributed by atoms with Crippen LogP contribution in [-0.4, -0.2) is 37.2 Å². The van der Waals surface area contributed by atoms with E-state index in [9.17, 15) is 14.4 Å². The normalized spacial score (nSPS) is 12.5. The standard InChI is InChI=1S/C71H126O6/c1-4-7-10-13-16-19-22-25-28-31-33-35-37-38-40-43-46-49-52-55-58-61-64-70(73)76-67-68(66-75-69(72)63-60-57-54-51-48-45-42-30-27-24-21-18-15-12-9-6-3)77-71(74)65-62-59-56-53-50-47-44-41-39-36-34-32-29-26-23-20-17-14-11-8-5-2/h8,11,17,20-21,24,26,29-30,34,36,42,68H,4-7,9-10,12-16,18-19,22-23,25,27-28,31-33,35,37-41,43-67H2,1-3H3/b11-8-,20-17-,24-21-,29-26-,36-34-,42-30-. The first-order valence-electron chi connectivity index (χ1n) is 33.4. The van der Waals surface area contributed by atoms with Crippen molar-refractivity contribution in [3.8, 4) is 0 Å². The van der Waals surface area contributed by atoms with Crippen LogP contribution in [0.2, 0.25) is 0 Å². The fourth-order valence-electron chi connectivity index (χ4n) is 9.70. The molecule has 0 spiro atoms. The van der Waals surface area contributed by atoms with Crippen LogP contribution in [0.25, 0.3) is 0 Å². The van der Waals surface area contributed by atoms with Gasteiger partial charge < -0.3 is 14.2 Å². The lowest BCUT2D eigenvalue weighted by Gasteiger charge is -2.18. The third kappa shape index (κ3) is 63.6. The first-order valence-corrected chi connectivity index (χ1v) is 33.4. The third-order valence-electron chi connectivity index (χ3n) is 14.7. The number of ether oxygens (including phenoxy) is 3. The molecule has 0 bridgehead atoms. The molecule has 1 atom stereocenters. The van der Waals surface area contributed by atoms with E-state index in [2.05, 4.69) is 93.7 Å². The molecule has 0 amide bonds. The highest BCUT2D eigenvalue weighted by atomic mass is 16.6. The van der Waals surface area contributed by atoms with Gasteiger partial charge in [-0.3, -0.25) is 14.4 Å². The molecule has 0 fully saturated rings. The largest absolute Gasteiger partial charge is 0.462 e.